The molecule has 0 saturated carbocycles. The minimum Gasteiger partial charge on any atom is -0.465 e. The molecular weight excluding hydrogens is 231 g/mol. The van der Waals surface area contributed by atoms with Gasteiger partial charge in [-0.1, -0.05) is 11.8 Å². The highest BCUT2D eigenvalue weighted by atomic mass is 32.2. The van der Waals surface area contributed by atoms with Crippen LogP contribution in [-0.2, 0) is 9.53 Å². The second-order valence-electron chi connectivity index (χ2n) is 2.11. The SMILES string of the molecule is CCOC(=O)CSC(F)(F)C(F)(F)F. The van der Waals surface area contributed by atoms with Crippen LogP contribution in [0.4, 0.5) is 22.0 Å². The Bertz CT molecular complexity index is 203. The largest absolute Gasteiger partial charge is 0.465 e. The predicted octanol–water partition coefficient (Wildman–Crippen LogP) is 2.44. The molecule has 2 nitrogen and oxygen atoms in total. The van der Waals surface area contributed by atoms with E-state index in [-0.39, 0.29) is 6.61 Å². The number of esters is 1. The fraction of sp³-hybridized carbons (Fsp3) is 0.833. The zero-order valence-corrected chi connectivity index (χ0v) is 7.85. The first kappa shape index (κ1) is 13.5. The number of hydrogen-bond donors (Lipinski definition) is 0. The molecule has 0 bridgehead atoms. The van der Waals surface area contributed by atoms with Crippen LogP contribution >= 0.6 is 11.8 Å². The van der Waals surface area contributed by atoms with Crippen molar-refractivity contribution in [1.82, 2.24) is 0 Å². The lowest BCUT2D eigenvalue weighted by atomic mass is 10.7. The summed E-state index contributed by atoms with van der Waals surface area (Å²) in [7, 11) is 0. The predicted molar refractivity (Wildman–Crippen MR) is 40.1 cm³/mol. The Balaban J connectivity index is 4.06. The van der Waals surface area contributed by atoms with Crippen molar-refractivity contribution in [1.29, 1.82) is 0 Å². The van der Waals surface area contributed by atoms with Gasteiger partial charge in [-0.25, -0.2) is 0 Å². The number of carbonyl (C=O) groups is 1. The van der Waals surface area contributed by atoms with E-state index in [2.05, 4.69) is 4.74 Å². The molecule has 0 aromatic carbocycles. The number of halogens is 5. The summed E-state index contributed by atoms with van der Waals surface area (Å²) in [5, 5.41) is -4.92. The van der Waals surface area contributed by atoms with Crippen molar-refractivity contribution in [2.75, 3.05) is 12.4 Å². The molecule has 0 saturated heterocycles. The van der Waals surface area contributed by atoms with Crippen molar-refractivity contribution >= 4 is 17.7 Å². The molecule has 0 unspecified atom stereocenters. The van der Waals surface area contributed by atoms with E-state index in [4.69, 9.17) is 0 Å². The number of carbonyl (C=O) groups excluding carboxylic acids is 1. The zero-order valence-electron chi connectivity index (χ0n) is 7.03. The fourth-order valence-electron chi connectivity index (χ4n) is 0.434. The Morgan fingerprint density at radius 2 is 1.79 bits per heavy atom. The van der Waals surface area contributed by atoms with Gasteiger partial charge in [0.2, 0.25) is 0 Å². The van der Waals surface area contributed by atoms with Gasteiger partial charge in [-0.15, -0.1) is 0 Å². The summed E-state index contributed by atoms with van der Waals surface area (Å²) in [5.41, 5.74) is 0. The number of alkyl halides is 5. The highest BCUT2D eigenvalue weighted by molar-refractivity contribution is 8.01. The number of hydrogen-bond acceptors (Lipinski definition) is 3. The molecule has 0 heterocycles. The molecule has 14 heavy (non-hydrogen) atoms. The van der Waals surface area contributed by atoms with Crippen molar-refractivity contribution < 1.29 is 31.5 Å². The molecule has 0 fully saturated rings. The highest BCUT2D eigenvalue weighted by Gasteiger charge is 2.58. The average molecular weight is 238 g/mol. The molecule has 0 aliphatic heterocycles. The second-order valence-corrected chi connectivity index (χ2v) is 3.20. The van der Waals surface area contributed by atoms with Gasteiger partial charge >= 0.3 is 17.4 Å². The molecular formula is C6H7F5O2S. The van der Waals surface area contributed by atoms with E-state index in [1.807, 2.05) is 0 Å². The zero-order chi connectivity index (χ0) is 11.4. The lowest BCUT2D eigenvalue weighted by molar-refractivity contribution is -0.237. The number of rotatable bonds is 4. The van der Waals surface area contributed by atoms with E-state index in [1.54, 1.807) is 0 Å². The Labute approximate surface area is 80.8 Å². The van der Waals surface area contributed by atoms with Crippen LogP contribution in [0.1, 0.15) is 6.92 Å². The molecule has 0 aromatic heterocycles. The van der Waals surface area contributed by atoms with Crippen LogP contribution in [0.3, 0.4) is 0 Å². The van der Waals surface area contributed by atoms with Gasteiger partial charge in [-0.05, 0) is 6.92 Å². The third-order valence-corrected chi connectivity index (χ3v) is 1.98. The summed E-state index contributed by atoms with van der Waals surface area (Å²) in [6.45, 7) is 1.36. The van der Waals surface area contributed by atoms with Gasteiger partial charge in [0.15, 0.2) is 0 Å². The van der Waals surface area contributed by atoms with E-state index in [9.17, 15) is 26.7 Å². The topological polar surface area (TPSA) is 26.3 Å². The molecule has 0 aliphatic carbocycles. The minimum atomic E-state index is -5.65. The summed E-state index contributed by atoms with van der Waals surface area (Å²) in [6.07, 6.45) is -5.65. The van der Waals surface area contributed by atoms with Gasteiger partial charge in [-0.3, -0.25) is 4.79 Å². The first-order chi connectivity index (χ1) is 6.20. The van der Waals surface area contributed by atoms with Crippen molar-refractivity contribution in [3.63, 3.8) is 0 Å². The maximum atomic E-state index is 12.2. The van der Waals surface area contributed by atoms with Crippen LogP contribution in [0.5, 0.6) is 0 Å². The summed E-state index contributed by atoms with van der Waals surface area (Å²) in [5.74, 6) is -2.12. The van der Waals surface area contributed by atoms with E-state index in [0.29, 0.717) is 0 Å². The van der Waals surface area contributed by atoms with Crippen molar-refractivity contribution in [2.24, 2.45) is 0 Å². The van der Waals surface area contributed by atoms with Crippen LogP contribution in [0.25, 0.3) is 0 Å². The standard InChI is InChI=1S/C6H7F5O2S/c1-2-13-4(12)3-14-6(10,11)5(7,8)9/h2-3H2,1H3. The van der Waals surface area contributed by atoms with Crippen LogP contribution in [0.15, 0.2) is 0 Å². The second kappa shape index (κ2) is 4.81. The quantitative estimate of drug-likeness (QED) is 0.555. The highest BCUT2D eigenvalue weighted by Crippen LogP contribution is 2.43. The Kier molecular flexibility index (Phi) is 4.63. The van der Waals surface area contributed by atoms with E-state index < -0.39 is 34.9 Å². The lowest BCUT2D eigenvalue weighted by Gasteiger charge is -2.17. The van der Waals surface area contributed by atoms with Crippen molar-refractivity contribution in [3.05, 3.63) is 0 Å². The Hall–Kier alpha value is -0.530. The Morgan fingerprint density at radius 3 is 2.14 bits per heavy atom. The van der Waals surface area contributed by atoms with E-state index >= 15 is 0 Å². The molecule has 0 aromatic rings. The van der Waals surface area contributed by atoms with Gasteiger partial charge in [0, 0.05) is 0 Å². The summed E-state index contributed by atoms with van der Waals surface area (Å²) in [4.78, 5) is 10.5. The summed E-state index contributed by atoms with van der Waals surface area (Å²) >= 11 is -0.799. The van der Waals surface area contributed by atoms with Gasteiger partial charge in [0.25, 0.3) is 0 Å². The molecule has 0 rings (SSSR count). The Morgan fingerprint density at radius 1 is 1.29 bits per heavy atom. The first-order valence-corrected chi connectivity index (χ1v) is 4.43. The van der Waals surface area contributed by atoms with Crippen LogP contribution in [0, 0.1) is 0 Å². The van der Waals surface area contributed by atoms with E-state index in [1.165, 1.54) is 6.92 Å². The normalized spacial score (nSPS) is 12.7. The molecule has 0 aliphatic rings. The van der Waals surface area contributed by atoms with E-state index in [0.717, 1.165) is 0 Å². The average Bonchev–Trinajstić information content (AvgIpc) is 1.99. The minimum absolute atomic E-state index is 0.0585. The summed E-state index contributed by atoms with van der Waals surface area (Å²) < 4.78 is 63.2. The molecule has 0 spiro atoms. The van der Waals surface area contributed by atoms with Crippen molar-refractivity contribution in [2.45, 2.75) is 18.4 Å². The van der Waals surface area contributed by atoms with Gasteiger partial charge in [0.1, 0.15) is 0 Å². The number of ether oxygens (including phenoxy) is 1. The van der Waals surface area contributed by atoms with Gasteiger partial charge in [0.05, 0.1) is 12.4 Å². The molecule has 0 atom stereocenters. The lowest BCUT2D eigenvalue weighted by Crippen LogP contribution is -2.34. The van der Waals surface area contributed by atoms with Gasteiger partial charge in [-0.2, -0.15) is 22.0 Å². The molecule has 8 heteroatoms. The molecule has 0 N–H and O–H groups in total. The van der Waals surface area contributed by atoms with Crippen LogP contribution in [0.2, 0.25) is 0 Å². The monoisotopic (exact) mass is 238 g/mol. The van der Waals surface area contributed by atoms with Crippen LogP contribution < -0.4 is 0 Å². The fourth-order valence-corrected chi connectivity index (χ4v) is 0.980. The molecule has 84 valence electrons. The maximum absolute atomic E-state index is 12.2. The smallest absolute Gasteiger partial charge is 0.464 e. The first-order valence-electron chi connectivity index (χ1n) is 3.45. The summed E-state index contributed by atoms with van der Waals surface area (Å²) in [6, 6.07) is 0. The third-order valence-electron chi connectivity index (χ3n) is 1.01. The maximum Gasteiger partial charge on any atom is 0.464 e. The third kappa shape index (κ3) is 4.12. The van der Waals surface area contributed by atoms with Gasteiger partial charge < -0.3 is 4.74 Å². The number of thioether (sulfide) groups is 1. The molecule has 0 radical (unpaired) electrons. The van der Waals surface area contributed by atoms with Crippen LogP contribution in [-0.4, -0.2) is 29.8 Å². The van der Waals surface area contributed by atoms with Crippen molar-refractivity contribution in [3.8, 4) is 0 Å². The molecule has 0 amide bonds.